The molecule has 1 aliphatic heterocycles. The number of nitrogens with zero attached hydrogens (tertiary/aromatic N) is 2. The van der Waals surface area contributed by atoms with Crippen molar-refractivity contribution in [3.8, 4) is 0 Å². The van der Waals surface area contributed by atoms with Crippen molar-refractivity contribution >= 4 is 16.6 Å². The zero-order chi connectivity index (χ0) is 15.0. The van der Waals surface area contributed by atoms with Crippen LogP contribution in [0.25, 0.3) is 10.9 Å². The number of alkyl halides is 3. The summed E-state index contributed by atoms with van der Waals surface area (Å²) in [4.78, 5) is 2.02. The summed E-state index contributed by atoms with van der Waals surface area (Å²) in [5, 5.41) is 5.93. The number of hydrogen-bond acceptors (Lipinski definition) is 3. The fraction of sp³-hybridized carbons (Fsp3) is 0.500. The third-order valence-electron chi connectivity index (χ3n) is 3.96. The quantitative estimate of drug-likeness (QED) is 0.926. The Hall–Kier alpha value is -1.76. The lowest BCUT2D eigenvalue weighted by Crippen LogP contribution is -2.36. The van der Waals surface area contributed by atoms with E-state index in [0.29, 0.717) is 18.7 Å². The van der Waals surface area contributed by atoms with Gasteiger partial charge in [0.2, 0.25) is 0 Å². The second-order valence-corrected chi connectivity index (χ2v) is 5.25. The van der Waals surface area contributed by atoms with Crippen LogP contribution in [0.4, 0.5) is 18.9 Å². The molecule has 0 bridgehead atoms. The van der Waals surface area contributed by atoms with Gasteiger partial charge in [-0.1, -0.05) is 0 Å². The van der Waals surface area contributed by atoms with Crippen molar-refractivity contribution in [2.75, 3.05) is 25.2 Å². The van der Waals surface area contributed by atoms with Crippen molar-refractivity contribution in [2.24, 2.45) is 0 Å². The molecule has 1 saturated heterocycles. The van der Waals surface area contributed by atoms with Gasteiger partial charge < -0.3 is 9.64 Å². The molecule has 114 valence electrons. The largest absolute Gasteiger partial charge is 0.435 e. The van der Waals surface area contributed by atoms with Crippen molar-refractivity contribution < 1.29 is 17.9 Å². The normalized spacial score (nSPS) is 17.3. The monoisotopic (exact) mass is 299 g/mol. The minimum Gasteiger partial charge on any atom is -0.381 e. The maximum absolute atomic E-state index is 12.9. The molecule has 21 heavy (non-hydrogen) atoms. The topological polar surface area (TPSA) is 41.2 Å². The first-order valence-corrected chi connectivity index (χ1v) is 6.83. The van der Waals surface area contributed by atoms with E-state index in [2.05, 4.69) is 10.2 Å². The number of ether oxygens (including phenoxy) is 1. The predicted molar refractivity (Wildman–Crippen MR) is 73.3 cm³/mol. The van der Waals surface area contributed by atoms with Crippen LogP contribution in [-0.4, -0.2) is 36.5 Å². The summed E-state index contributed by atoms with van der Waals surface area (Å²) in [6.45, 7) is 1.38. The second kappa shape index (κ2) is 5.22. The maximum atomic E-state index is 12.9. The summed E-state index contributed by atoms with van der Waals surface area (Å²) >= 11 is 0. The van der Waals surface area contributed by atoms with E-state index in [-0.39, 0.29) is 11.4 Å². The first kappa shape index (κ1) is 14.2. The molecule has 1 aliphatic rings. The fourth-order valence-corrected chi connectivity index (χ4v) is 2.72. The van der Waals surface area contributed by atoms with Gasteiger partial charge in [-0.15, -0.1) is 0 Å². The molecule has 4 nitrogen and oxygen atoms in total. The second-order valence-electron chi connectivity index (χ2n) is 5.25. The third kappa shape index (κ3) is 2.70. The molecule has 1 aromatic carbocycles. The van der Waals surface area contributed by atoms with Crippen molar-refractivity contribution in [1.29, 1.82) is 0 Å². The Bertz CT molecular complexity index is 632. The van der Waals surface area contributed by atoms with Gasteiger partial charge in [0.05, 0.1) is 5.52 Å². The summed E-state index contributed by atoms with van der Waals surface area (Å²) in [6, 6.07) is 5.30. The zero-order valence-electron chi connectivity index (χ0n) is 11.6. The molecule has 7 heteroatoms. The zero-order valence-corrected chi connectivity index (χ0v) is 11.6. The van der Waals surface area contributed by atoms with Gasteiger partial charge in [0.15, 0.2) is 5.69 Å². The first-order valence-electron chi connectivity index (χ1n) is 6.83. The van der Waals surface area contributed by atoms with E-state index in [0.717, 1.165) is 18.5 Å². The Morgan fingerprint density at radius 1 is 1.29 bits per heavy atom. The van der Waals surface area contributed by atoms with E-state index < -0.39 is 11.9 Å². The van der Waals surface area contributed by atoms with Crippen LogP contribution in [0, 0.1) is 0 Å². The molecule has 2 aromatic rings. The highest BCUT2D eigenvalue weighted by Crippen LogP contribution is 2.35. The summed E-state index contributed by atoms with van der Waals surface area (Å²) in [7, 11) is 1.91. The van der Waals surface area contributed by atoms with Crippen LogP contribution in [0.2, 0.25) is 0 Å². The molecule has 2 heterocycles. The summed E-state index contributed by atoms with van der Waals surface area (Å²) in [5.74, 6) is 0. The van der Waals surface area contributed by atoms with Crippen LogP contribution < -0.4 is 4.90 Å². The highest BCUT2D eigenvalue weighted by molar-refractivity contribution is 5.85. The number of anilines is 1. The van der Waals surface area contributed by atoms with Crippen molar-refractivity contribution in [1.82, 2.24) is 10.2 Å². The number of halogens is 3. The average Bonchev–Trinajstić information content (AvgIpc) is 2.90. The van der Waals surface area contributed by atoms with Crippen LogP contribution >= 0.6 is 0 Å². The van der Waals surface area contributed by atoms with E-state index in [4.69, 9.17) is 4.74 Å². The van der Waals surface area contributed by atoms with Gasteiger partial charge in [-0.25, -0.2) is 0 Å². The molecule has 0 saturated carbocycles. The van der Waals surface area contributed by atoms with Gasteiger partial charge >= 0.3 is 6.18 Å². The number of fused-ring (bicyclic) bond motifs is 1. The molecule has 1 fully saturated rings. The summed E-state index contributed by atoms with van der Waals surface area (Å²) < 4.78 is 44.1. The Labute approximate surface area is 119 Å². The molecule has 1 aromatic heterocycles. The van der Waals surface area contributed by atoms with Crippen LogP contribution in [0.15, 0.2) is 18.2 Å². The highest BCUT2D eigenvalue weighted by atomic mass is 19.4. The Balaban J connectivity index is 1.96. The van der Waals surface area contributed by atoms with E-state index in [1.165, 1.54) is 0 Å². The first-order chi connectivity index (χ1) is 9.97. The fourth-order valence-electron chi connectivity index (χ4n) is 2.72. The van der Waals surface area contributed by atoms with Crippen LogP contribution in [0.3, 0.4) is 0 Å². The lowest BCUT2D eigenvalue weighted by atomic mass is 10.1. The Kier molecular flexibility index (Phi) is 3.52. The molecule has 0 unspecified atom stereocenters. The number of rotatable bonds is 2. The van der Waals surface area contributed by atoms with Gasteiger partial charge in [-0.2, -0.15) is 18.3 Å². The van der Waals surface area contributed by atoms with Gasteiger partial charge in [-0.3, -0.25) is 5.10 Å². The number of hydrogen-bond donors (Lipinski definition) is 1. The standard InChI is InChI=1S/C14H16F3N3O/c1-20(9-4-6-21-7-5-9)10-2-3-12-11(8-10)13(19-18-12)14(15,16)17/h2-3,8-9H,4-7H2,1H3,(H,18,19). The van der Waals surface area contributed by atoms with Crippen LogP contribution in [0.1, 0.15) is 18.5 Å². The number of H-pyrrole nitrogens is 1. The van der Waals surface area contributed by atoms with Crippen molar-refractivity contribution in [2.45, 2.75) is 25.1 Å². The highest BCUT2D eigenvalue weighted by Gasteiger charge is 2.36. The number of nitrogens with one attached hydrogen (secondary N) is 1. The van der Waals surface area contributed by atoms with Crippen LogP contribution in [0.5, 0.6) is 0 Å². The van der Waals surface area contributed by atoms with Gasteiger partial charge in [-0.05, 0) is 31.0 Å². The van der Waals surface area contributed by atoms with E-state index in [9.17, 15) is 13.2 Å². The number of aromatic amines is 1. The molecule has 0 aliphatic carbocycles. The maximum Gasteiger partial charge on any atom is 0.435 e. The minimum atomic E-state index is -4.45. The van der Waals surface area contributed by atoms with Crippen molar-refractivity contribution in [3.63, 3.8) is 0 Å². The third-order valence-corrected chi connectivity index (χ3v) is 3.96. The van der Waals surface area contributed by atoms with Gasteiger partial charge in [0.1, 0.15) is 0 Å². The van der Waals surface area contributed by atoms with Crippen LogP contribution in [-0.2, 0) is 10.9 Å². The molecule has 0 spiro atoms. The summed E-state index contributed by atoms with van der Waals surface area (Å²) in [6.07, 6.45) is -2.69. The van der Waals surface area contributed by atoms with Crippen molar-refractivity contribution in [3.05, 3.63) is 23.9 Å². The molecular weight excluding hydrogens is 283 g/mol. The van der Waals surface area contributed by atoms with E-state index in [1.807, 2.05) is 18.0 Å². The Morgan fingerprint density at radius 3 is 2.67 bits per heavy atom. The van der Waals surface area contributed by atoms with E-state index in [1.54, 1.807) is 12.1 Å². The lowest BCUT2D eigenvalue weighted by molar-refractivity contribution is -0.139. The average molecular weight is 299 g/mol. The minimum absolute atomic E-state index is 0.110. The molecule has 1 N–H and O–H groups in total. The number of benzene rings is 1. The van der Waals surface area contributed by atoms with Gasteiger partial charge in [0.25, 0.3) is 0 Å². The van der Waals surface area contributed by atoms with E-state index >= 15 is 0 Å². The predicted octanol–water partition coefficient (Wildman–Crippen LogP) is 3.20. The SMILES string of the molecule is CN(c1ccc2[nH]nc(C(F)(F)F)c2c1)C1CCOCC1. The molecule has 0 amide bonds. The molecule has 0 radical (unpaired) electrons. The molecule has 3 rings (SSSR count). The van der Waals surface area contributed by atoms with Gasteiger partial charge in [0, 0.05) is 37.4 Å². The number of aromatic nitrogens is 2. The smallest absolute Gasteiger partial charge is 0.381 e. The lowest BCUT2D eigenvalue weighted by Gasteiger charge is -2.33. The molecular formula is C14H16F3N3O. The summed E-state index contributed by atoms with van der Waals surface area (Å²) in [5.41, 5.74) is 0.299. The Morgan fingerprint density at radius 2 is 2.00 bits per heavy atom. The molecule has 0 atom stereocenters.